The molecule has 0 saturated carbocycles. The molecule has 1 aromatic carbocycles. The van der Waals surface area contributed by atoms with Gasteiger partial charge in [-0.25, -0.2) is 0 Å². The van der Waals surface area contributed by atoms with Gasteiger partial charge in [-0.05, 0) is 30.9 Å². The van der Waals surface area contributed by atoms with Crippen molar-refractivity contribution in [3.63, 3.8) is 0 Å². The van der Waals surface area contributed by atoms with Gasteiger partial charge in [0.1, 0.15) is 0 Å². The number of guanidine groups is 1. The zero-order chi connectivity index (χ0) is 20.1. The van der Waals surface area contributed by atoms with Crippen molar-refractivity contribution in [1.29, 1.82) is 0 Å². The second kappa shape index (κ2) is 9.92. The van der Waals surface area contributed by atoms with Crippen LogP contribution in [-0.4, -0.2) is 92.3 Å². The number of morpholine rings is 1. The summed E-state index contributed by atoms with van der Waals surface area (Å²) in [6.07, 6.45) is 2.98. The van der Waals surface area contributed by atoms with Crippen LogP contribution < -0.4 is 5.32 Å². The molecule has 29 heavy (non-hydrogen) atoms. The number of likely N-dealkylation sites (tertiary alicyclic amines) is 2. The van der Waals surface area contributed by atoms with Crippen molar-refractivity contribution in [2.24, 2.45) is 10.9 Å². The highest BCUT2D eigenvalue weighted by Gasteiger charge is 2.41. The summed E-state index contributed by atoms with van der Waals surface area (Å²) in [4.78, 5) is 12.1. The molecule has 0 bridgehead atoms. The normalized spacial score (nSPS) is 29.1. The Morgan fingerprint density at radius 1 is 1.17 bits per heavy atom. The van der Waals surface area contributed by atoms with Crippen LogP contribution in [0, 0.1) is 5.92 Å². The van der Waals surface area contributed by atoms with Crippen LogP contribution in [0.1, 0.15) is 25.3 Å². The standard InChI is InChI=1S/C23H37N5O/c1-19-7-6-11-26(15-19)12-10-25-23(24-2)28-17-21-22(18-28)29-14-13-27(21)16-20-8-4-3-5-9-20/h3-5,8-9,19,21-22H,6-7,10-18H2,1-2H3,(H,24,25). The van der Waals surface area contributed by atoms with E-state index >= 15 is 0 Å². The van der Waals surface area contributed by atoms with Gasteiger partial charge >= 0.3 is 0 Å². The van der Waals surface area contributed by atoms with E-state index < -0.39 is 0 Å². The van der Waals surface area contributed by atoms with Crippen LogP contribution >= 0.6 is 0 Å². The Balaban J connectivity index is 1.29. The predicted molar refractivity (Wildman–Crippen MR) is 118 cm³/mol. The topological polar surface area (TPSA) is 43.3 Å². The molecule has 160 valence electrons. The van der Waals surface area contributed by atoms with Crippen LogP contribution in [0.25, 0.3) is 0 Å². The van der Waals surface area contributed by atoms with Gasteiger partial charge in [0.05, 0.1) is 18.8 Å². The molecule has 0 aliphatic carbocycles. The molecule has 3 saturated heterocycles. The average Bonchev–Trinajstić information content (AvgIpc) is 3.17. The Kier molecular flexibility index (Phi) is 7.06. The third-order valence-corrected chi connectivity index (χ3v) is 6.61. The minimum absolute atomic E-state index is 0.272. The van der Waals surface area contributed by atoms with Crippen LogP contribution in [0.3, 0.4) is 0 Å². The number of nitrogens with zero attached hydrogens (tertiary/aromatic N) is 4. The Morgan fingerprint density at radius 2 is 2.03 bits per heavy atom. The highest BCUT2D eigenvalue weighted by molar-refractivity contribution is 5.80. The zero-order valence-electron chi connectivity index (χ0n) is 18.1. The van der Waals surface area contributed by atoms with Crippen LogP contribution in [-0.2, 0) is 11.3 Å². The number of nitrogens with one attached hydrogen (secondary N) is 1. The second-order valence-electron chi connectivity index (χ2n) is 8.86. The summed E-state index contributed by atoms with van der Waals surface area (Å²) in [5.41, 5.74) is 1.38. The SMILES string of the molecule is CN=C(NCCN1CCCC(C)C1)N1CC2OCCN(Cc3ccccc3)C2C1. The number of hydrogen-bond donors (Lipinski definition) is 1. The Morgan fingerprint density at radius 3 is 2.83 bits per heavy atom. The van der Waals surface area contributed by atoms with E-state index in [4.69, 9.17) is 4.74 Å². The number of rotatable bonds is 5. The summed E-state index contributed by atoms with van der Waals surface area (Å²) < 4.78 is 6.13. The number of ether oxygens (including phenoxy) is 1. The van der Waals surface area contributed by atoms with Crippen molar-refractivity contribution in [1.82, 2.24) is 20.0 Å². The molecule has 3 aliphatic rings. The van der Waals surface area contributed by atoms with E-state index in [0.29, 0.717) is 6.04 Å². The van der Waals surface area contributed by atoms with Gasteiger partial charge in [0.15, 0.2) is 5.96 Å². The van der Waals surface area contributed by atoms with Gasteiger partial charge in [0.2, 0.25) is 0 Å². The van der Waals surface area contributed by atoms with Crippen LogP contribution in [0.2, 0.25) is 0 Å². The highest BCUT2D eigenvalue weighted by Crippen LogP contribution is 2.24. The summed E-state index contributed by atoms with van der Waals surface area (Å²) >= 11 is 0. The molecule has 0 aromatic heterocycles. The summed E-state index contributed by atoms with van der Waals surface area (Å²) in [7, 11) is 1.90. The molecule has 4 rings (SSSR count). The fraction of sp³-hybridized carbons (Fsp3) is 0.696. The zero-order valence-corrected chi connectivity index (χ0v) is 18.1. The first kappa shape index (κ1) is 20.6. The summed E-state index contributed by atoms with van der Waals surface area (Å²) in [6.45, 7) is 11.6. The lowest BCUT2D eigenvalue weighted by Crippen LogP contribution is -2.50. The van der Waals surface area contributed by atoms with Crippen molar-refractivity contribution in [3.05, 3.63) is 35.9 Å². The van der Waals surface area contributed by atoms with Crippen molar-refractivity contribution in [2.75, 3.05) is 59.5 Å². The van der Waals surface area contributed by atoms with E-state index in [2.05, 4.69) is 62.3 Å². The molecule has 6 heteroatoms. The molecule has 3 heterocycles. The molecule has 0 spiro atoms. The summed E-state index contributed by atoms with van der Waals surface area (Å²) in [6, 6.07) is 11.2. The highest BCUT2D eigenvalue weighted by atomic mass is 16.5. The number of fused-ring (bicyclic) bond motifs is 1. The lowest BCUT2D eigenvalue weighted by atomic mass is 10.0. The van der Waals surface area contributed by atoms with E-state index in [1.165, 1.54) is 31.5 Å². The number of piperidine rings is 1. The van der Waals surface area contributed by atoms with E-state index in [0.717, 1.165) is 57.8 Å². The minimum Gasteiger partial charge on any atom is -0.373 e. The maximum absolute atomic E-state index is 6.13. The fourth-order valence-electron chi connectivity index (χ4n) is 5.09. The van der Waals surface area contributed by atoms with Crippen LogP contribution in [0.5, 0.6) is 0 Å². The maximum Gasteiger partial charge on any atom is 0.193 e. The van der Waals surface area contributed by atoms with Crippen molar-refractivity contribution >= 4 is 5.96 Å². The minimum atomic E-state index is 0.272. The molecule has 3 fully saturated rings. The van der Waals surface area contributed by atoms with Gasteiger partial charge < -0.3 is 19.9 Å². The molecule has 6 nitrogen and oxygen atoms in total. The van der Waals surface area contributed by atoms with Crippen molar-refractivity contribution < 1.29 is 4.74 Å². The monoisotopic (exact) mass is 399 g/mol. The lowest BCUT2D eigenvalue weighted by Gasteiger charge is -2.36. The fourth-order valence-corrected chi connectivity index (χ4v) is 5.09. The molecule has 3 aliphatic heterocycles. The van der Waals surface area contributed by atoms with Gasteiger partial charge in [-0.15, -0.1) is 0 Å². The second-order valence-corrected chi connectivity index (χ2v) is 8.86. The number of benzene rings is 1. The first-order valence-corrected chi connectivity index (χ1v) is 11.3. The molecule has 3 unspecified atom stereocenters. The molecule has 0 radical (unpaired) electrons. The Bertz CT molecular complexity index is 666. The molecular formula is C23H37N5O. The molecule has 1 N–H and O–H groups in total. The number of hydrogen-bond acceptors (Lipinski definition) is 4. The van der Waals surface area contributed by atoms with Gasteiger partial charge in [-0.3, -0.25) is 9.89 Å². The Labute approximate surface area is 175 Å². The number of aliphatic imine (C=N–C) groups is 1. The van der Waals surface area contributed by atoms with E-state index in [-0.39, 0.29) is 6.10 Å². The van der Waals surface area contributed by atoms with E-state index in [1.807, 2.05) is 7.05 Å². The van der Waals surface area contributed by atoms with Crippen LogP contribution in [0.15, 0.2) is 35.3 Å². The molecule has 3 atom stereocenters. The first-order chi connectivity index (χ1) is 14.2. The van der Waals surface area contributed by atoms with Crippen LogP contribution in [0.4, 0.5) is 0 Å². The molecule has 0 amide bonds. The smallest absolute Gasteiger partial charge is 0.193 e. The van der Waals surface area contributed by atoms with Gasteiger partial charge in [0, 0.05) is 52.9 Å². The Hall–Kier alpha value is -1.63. The maximum atomic E-state index is 6.13. The largest absolute Gasteiger partial charge is 0.373 e. The average molecular weight is 400 g/mol. The first-order valence-electron chi connectivity index (χ1n) is 11.3. The third kappa shape index (κ3) is 5.30. The lowest BCUT2D eigenvalue weighted by molar-refractivity contribution is -0.0502. The third-order valence-electron chi connectivity index (χ3n) is 6.61. The summed E-state index contributed by atoms with van der Waals surface area (Å²) in [5.74, 6) is 1.85. The van der Waals surface area contributed by atoms with Crippen molar-refractivity contribution in [3.8, 4) is 0 Å². The van der Waals surface area contributed by atoms with Gasteiger partial charge in [-0.2, -0.15) is 0 Å². The van der Waals surface area contributed by atoms with E-state index in [1.54, 1.807) is 0 Å². The molecule has 1 aromatic rings. The van der Waals surface area contributed by atoms with Crippen molar-refractivity contribution in [2.45, 2.75) is 38.5 Å². The van der Waals surface area contributed by atoms with Gasteiger partial charge in [0.25, 0.3) is 0 Å². The van der Waals surface area contributed by atoms with E-state index in [9.17, 15) is 0 Å². The quantitative estimate of drug-likeness (QED) is 0.605. The molecular weight excluding hydrogens is 362 g/mol. The summed E-state index contributed by atoms with van der Waals surface area (Å²) in [5, 5.41) is 3.61. The van der Waals surface area contributed by atoms with Gasteiger partial charge in [-0.1, -0.05) is 37.3 Å². The predicted octanol–water partition coefficient (Wildman–Crippen LogP) is 1.88.